The molecule has 6 aromatic heterocycles. The van der Waals surface area contributed by atoms with Crippen LogP contribution in [0.25, 0.3) is 112 Å². The van der Waals surface area contributed by atoms with Crippen molar-refractivity contribution >= 4 is 97.3 Å². The first-order valence-electron chi connectivity index (χ1n) is 47.5. The molecule has 0 spiro atoms. The number of imidazole rings is 4. The summed E-state index contributed by atoms with van der Waals surface area (Å²) in [5.74, 6) is 0.892. The van der Waals surface area contributed by atoms with Crippen LogP contribution in [0, 0.1) is 0 Å². The number of carbonyl (C=O) groups is 9. The van der Waals surface area contributed by atoms with Gasteiger partial charge in [0.25, 0.3) is 23.6 Å². The Bertz CT molecular complexity index is 6810. The number of amides is 9. The van der Waals surface area contributed by atoms with Gasteiger partial charge in [-0.3, -0.25) is 52.5 Å². The fraction of sp³-hybridized carbons (Fsp3) is 0.363. The molecule has 4 aliphatic heterocycles. The summed E-state index contributed by atoms with van der Waals surface area (Å²) < 4.78 is 3.40. The zero-order valence-corrected chi connectivity index (χ0v) is 78.5. The van der Waals surface area contributed by atoms with Gasteiger partial charge in [-0.05, 0) is 218 Å². The molecule has 4 fully saturated rings. The third kappa shape index (κ3) is 21.0. The van der Waals surface area contributed by atoms with Crippen molar-refractivity contribution in [1.82, 2.24) is 130 Å². The average molecular weight is 1860 g/mol. The Morgan fingerprint density at radius 3 is 1.09 bits per heavy atom. The van der Waals surface area contributed by atoms with Gasteiger partial charge in [-0.1, -0.05) is 83.2 Å². The van der Waals surface area contributed by atoms with Crippen LogP contribution >= 0.6 is 0 Å². The molecule has 4 saturated heterocycles. The molecular formula is C102H115N27O9. The normalized spacial score (nSPS) is 16.1. The van der Waals surface area contributed by atoms with E-state index in [4.69, 9.17) is 25.7 Å². The Morgan fingerprint density at radius 2 is 0.717 bits per heavy atom. The summed E-state index contributed by atoms with van der Waals surface area (Å²) in [4.78, 5) is 174. The molecule has 14 aromatic rings. The lowest BCUT2D eigenvalue weighted by Gasteiger charge is -2.36. The molecule has 36 nitrogen and oxygen atoms in total. The lowest BCUT2D eigenvalue weighted by Crippen LogP contribution is -2.57. The van der Waals surface area contributed by atoms with Gasteiger partial charge in [-0.2, -0.15) is 0 Å². The van der Waals surface area contributed by atoms with Gasteiger partial charge in [0, 0.05) is 144 Å². The number of aromatic nitrogens is 14. The van der Waals surface area contributed by atoms with Crippen molar-refractivity contribution in [3.8, 4) is 67.8 Å². The van der Waals surface area contributed by atoms with Gasteiger partial charge in [0.2, 0.25) is 29.5 Å². The first-order chi connectivity index (χ1) is 67.0. The van der Waals surface area contributed by atoms with Crippen molar-refractivity contribution in [2.75, 3.05) is 127 Å². The van der Waals surface area contributed by atoms with Crippen LogP contribution in [0.4, 0.5) is 0 Å². The molecule has 36 heteroatoms. The minimum Gasteiger partial charge on any atom is -0.351 e. The first kappa shape index (κ1) is 93.4. The number of hydrogen-bond donors (Lipinski definition) is 8. The van der Waals surface area contributed by atoms with Gasteiger partial charge in [-0.15, -0.1) is 10.2 Å². The molecule has 0 unspecified atom stereocenters. The van der Waals surface area contributed by atoms with Crippen LogP contribution in [0.5, 0.6) is 0 Å². The summed E-state index contributed by atoms with van der Waals surface area (Å²) in [5, 5.41) is 26.6. The molecule has 18 rings (SSSR count). The molecule has 8 aromatic carbocycles. The number of carbonyl (C=O) groups excluding carboxylic acids is 9. The van der Waals surface area contributed by atoms with Crippen LogP contribution in [-0.4, -0.2) is 319 Å². The Balaban J connectivity index is 0.409. The SMILES string of the molecule is CN(C)CCNC(=O)c1ccc(-c2nc3ccc(-c4ccc5nc(-c6ccc(C(=O)N(C)Cc7cn(CCCNCC(=O)N8CCC[C@H]8C(=O)N8CCC[C@H]8C(=O)N8CCC[C@H]8C(=O)N8CCC[C@H]8C(=O)N(CCN)CCCn8cc(CN(C)C(=O)c9ccc(-c%10nc%11ccc(-c%12ccc%13nc(-c%14ccc(C(=O)NCCN(C)C)cc%14)[nH]c%13c%12)cc%11[nH]%10)cc9)nn8)nn7)cc6)[nH]c5c4)cc3[nH]2)cc1. The quantitative estimate of drug-likeness (QED) is 0.0169. The Hall–Kier alpha value is -15.0. The van der Waals surface area contributed by atoms with E-state index in [1.807, 2.05) is 159 Å². The number of likely N-dealkylation sites (tertiary alicyclic amines) is 4. The summed E-state index contributed by atoms with van der Waals surface area (Å²) in [5.41, 5.74) is 23.5. The van der Waals surface area contributed by atoms with E-state index in [2.05, 4.69) is 80.8 Å². The predicted molar refractivity (Wildman–Crippen MR) is 524 cm³/mol. The van der Waals surface area contributed by atoms with Crippen LogP contribution < -0.4 is 21.7 Å². The number of aromatic amines is 4. The second-order valence-corrected chi connectivity index (χ2v) is 36.8. The van der Waals surface area contributed by atoms with Crippen LogP contribution in [0.2, 0.25) is 0 Å². The number of nitrogens with one attached hydrogen (secondary N) is 7. The number of aryl methyl sites for hydroxylation is 2. The second kappa shape index (κ2) is 41.7. The maximum Gasteiger partial charge on any atom is 0.253 e. The van der Waals surface area contributed by atoms with Gasteiger partial charge in [0.05, 0.1) is 76.2 Å². The Labute approximate surface area is 797 Å². The van der Waals surface area contributed by atoms with Gasteiger partial charge < -0.3 is 85.7 Å². The lowest BCUT2D eigenvalue weighted by atomic mass is 10.0. The highest BCUT2D eigenvalue weighted by Crippen LogP contribution is 2.36. The minimum atomic E-state index is -0.790. The van der Waals surface area contributed by atoms with Crippen LogP contribution in [0.15, 0.2) is 182 Å². The van der Waals surface area contributed by atoms with E-state index >= 15 is 0 Å². The van der Waals surface area contributed by atoms with Gasteiger partial charge in [-0.25, -0.2) is 19.9 Å². The fourth-order valence-electron chi connectivity index (χ4n) is 19.0. The van der Waals surface area contributed by atoms with Crippen LogP contribution in [0.3, 0.4) is 0 Å². The largest absolute Gasteiger partial charge is 0.351 e. The minimum absolute atomic E-state index is 0.0147. The number of likely N-dealkylation sites (N-methyl/N-ethyl adjacent to an activating group) is 2. The Morgan fingerprint density at radius 1 is 0.384 bits per heavy atom. The summed E-state index contributed by atoms with van der Waals surface area (Å²) in [7, 11) is 11.3. The van der Waals surface area contributed by atoms with E-state index in [-0.39, 0.29) is 85.9 Å². The van der Waals surface area contributed by atoms with Gasteiger partial charge in [0.1, 0.15) is 58.9 Å². The van der Waals surface area contributed by atoms with E-state index in [1.54, 1.807) is 94.4 Å². The number of hydrogen-bond acceptors (Lipinski definition) is 21. The number of rotatable bonds is 36. The molecule has 0 saturated carbocycles. The molecule has 9 amide bonds. The molecule has 4 atom stereocenters. The topological polar surface area (TPSA) is 421 Å². The van der Waals surface area contributed by atoms with Crippen LogP contribution in [-0.2, 0) is 50.2 Å². The van der Waals surface area contributed by atoms with Crippen molar-refractivity contribution in [3.05, 3.63) is 216 Å². The zero-order valence-electron chi connectivity index (χ0n) is 78.5. The third-order valence-corrected chi connectivity index (χ3v) is 26.5. The van der Waals surface area contributed by atoms with E-state index in [9.17, 15) is 43.2 Å². The third-order valence-electron chi connectivity index (χ3n) is 26.5. The molecular weight excluding hydrogens is 1750 g/mol. The number of benzene rings is 8. The maximum atomic E-state index is 14.8. The van der Waals surface area contributed by atoms with Crippen molar-refractivity contribution in [1.29, 1.82) is 0 Å². The first-order valence-corrected chi connectivity index (χ1v) is 47.5. The maximum absolute atomic E-state index is 14.8. The van der Waals surface area contributed by atoms with Gasteiger partial charge in [0.15, 0.2) is 0 Å². The summed E-state index contributed by atoms with van der Waals surface area (Å²) in [6.07, 6.45) is 8.97. The molecule has 4 aliphatic rings. The van der Waals surface area contributed by atoms with E-state index in [1.165, 1.54) is 0 Å². The lowest BCUT2D eigenvalue weighted by molar-refractivity contribution is -0.153. The summed E-state index contributed by atoms with van der Waals surface area (Å²) in [6, 6.07) is 50.8. The monoisotopic (exact) mass is 1860 g/mol. The number of nitrogens with two attached hydrogens (primary N) is 1. The second-order valence-electron chi connectivity index (χ2n) is 36.8. The standard InChI is InChI=1S/C102H115N27O9/c1-119(2)53-43-105-95(131)68-25-17-64(18-26-68)91-107-78-37-33-72(55-82(78)111-91)74-35-39-80-84(57-74)113-93(109-80)66-21-29-70(30-22-66)97(133)121(5)60-76-62-124(117-115-76)46-11-42-104-59-90(130)126-48-7-14-87(126)100(136)128-50-9-16-89(128)102(138)129-51-10-15-88(129)101(137)127-49-8-13-86(127)99(135)123(52-41-103)45-12-47-125-63-77(116-118-125)61-122(6)98(134)71-31-23-67(24-32-71)94-110-81-40-36-75(58-85(81)114-94)73-34-38-79-83(56-73)112-92(108-79)65-19-27-69(28-20-65)96(132)106-44-54-120(3)4/h17-40,55-58,62-63,86-89,104H,7-16,41-54,59-61,103H2,1-6H3,(H,105,131)(H,106,132)(H,107,111)(H,108,112)(H,109,113)(H,110,114)/t86-,87-,88-,89-/m0/s1. The summed E-state index contributed by atoms with van der Waals surface area (Å²) >= 11 is 0. The van der Waals surface area contributed by atoms with E-state index in [0.29, 0.717) is 187 Å². The highest BCUT2D eigenvalue weighted by molar-refractivity contribution is 6.00. The molecule has 10 heterocycles. The van der Waals surface area contributed by atoms with E-state index in [0.717, 1.165) is 102 Å². The molecule has 0 radical (unpaired) electrons. The predicted octanol–water partition coefficient (Wildman–Crippen LogP) is 9.33. The smallest absolute Gasteiger partial charge is 0.253 e. The molecule has 138 heavy (non-hydrogen) atoms. The number of H-pyrrole nitrogens is 4. The highest BCUT2D eigenvalue weighted by atomic mass is 16.2. The van der Waals surface area contributed by atoms with Gasteiger partial charge >= 0.3 is 0 Å². The van der Waals surface area contributed by atoms with Crippen molar-refractivity contribution < 1.29 is 43.2 Å². The number of fused-ring (bicyclic) bond motifs is 4. The van der Waals surface area contributed by atoms with Crippen molar-refractivity contribution in [2.45, 2.75) is 115 Å². The molecule has 0 bridgehead atoms. The average Bonchev–Trinajstić information content (AvgIpc) is 1.61. The van der Waals surface area contributed by atoms with Crippen molar-refractivity contribution in [2.24, 2.45) is 5.73 Å². The van der Waals surface area contributed by atoms with Crippen LogP contribution in [0.1, 0.15) is 117 Å². The van der Waals surface area contributed by atoms with Crippen molar-refractivity contribution in [3.63, 3.8) is 0 Å². The number of nitrogens with zero attached hydrogens (tertiary/aromatic N) is 19. The Kier molecular flexibility index (Phi) is 28.2. The zero-order chi connectivity index (χ0) is 95.8. The highest BCUT2D eigenvalue weighted by Gasteiger charge is 2.48. The molecule has 9 N–H and O–H groups in total. The molecule has 0 aliphatic carbocycles. The van der Waals surface area contributed by atoms with E-state index < -0.39 is 24.2 Å². The summed E-state index contributed by atoms with van der Waals surface area (Å²) in [6.45, 7) is 6.77. The molecule has 712 valence electrons. The fourth-order valence-corrected chi connectivity index (χ4v) is 19.0.